The molecule has 0 aliphatic carbocycles. The minimum atomic E-state index is -4.16. The van der Waals surface area contributed by atoms with Crippen molar-refractivity contribution in [2.24, 2.45) is 0 Å². The molecule has 0 heterocycles. The molecule has 0 unspecified atom stereocenters. The fourth-order valence-corrected chi connectivity index (χ4v) is 3.44. The van der Waals surface area contributed by atoms with Gasteiger partial charge in [0.2, 0.25) is 0 Å². The van der Waals surface area contributed by atoms with Crippen LogP contribution in [0.3, 0.4) is 0 Å². The van der Waals surface area contributed by atoms with Crippen LogP contribution in [0.2, 0.25) is 0 Å². The number of amides is 1. The van der Waals surface area contributed by atoms with E-state index in [9.17, 15) is 26.4 Å². The van der Waals surface area contributed by atoms with Gasteiger partial charge in [0.05, 0.1) is 10.6 Å². The van der Waals surface area contributed by atoms with Gasteiger partial charge in [-0.2, -0.15) is 0 Å². The van der Waals surface area contributed by atoms with Gasteiger partial charge >= 0.3 is 0 Å². The molecule has 0 aliphatic heterocycles. The maximum atomic E-state index is 13.7. The van der Waals surface area contributed by atoms with Gasteiger partial charge < -0.3 is 5.32 Å². The Balaban J connectivity index is 1.83. The molecule has 0 radical (unpaired) electrons. The Hall–Kier alpha value is -3.33. The zero-order valence-electron chi connectivity index (χ0n) is 14.1. The fourth-order valence-electron chi connectivity index (χ4n) is 2.33. The molecule has 2 N–H and O–H groups in total. The SMILES string of the molecule is O=C(Nc1ccc(F)c(F)c1)c1cccc(S(=O)(=O)Nc2ccccc2F)c1. The molecule has 0 aliphatic rings. The van der Waals surface area contributed by atoms with Gasteiger partial charge in [0.1, 0.15) is 5.82 Å². The first-order valence-electron chi connectivity index (χ1n) is 7.90. The lowest BCUT2D eigenvalue weighted by atomic mass is 10.2. The third-order valence-electron chi connectivity index (χ3n) is 3.70. The van der Waals surface area contributed by atoms with Crippen LogP contribution in [0.5, 0.6) is 0 Å². The molecule has 0 fully saturated rings. The molecule has 0 spiro atoms. The van der Waals surface area contributed by atoms with Crippen LogP contribution >= 0.6 is 0 Å². The average Bonchev–Trinajstić information content (AvgIpc) is 2.66. The van der Waals surface area contributed by atoms with Crippen molar-refractivity contribution >= 4 is 27.3 Å². The van der Waals surface area contributed by atoms with Gasteiger partial charge in [-0.15, -0.1) is 0 Å². The highest BCUT2D eigenvalue weighted by Crippen LogP contribution is 2.20. The number of anilines is 2. The summed E-state index contributed by atoms with van der Waals surface area (Å²) in [5.74, 6) is -3.68. The van der Waals surface area contributed by atoms with Crippen molar-refractivity contribution in [3.8, 4) is 0 Å². The minimum Gasteiger partial charge on any atom is -0.322 e. The molecule has 0 atom stereocenters. The van der Waals surface area contributed by atoms with Crippen LogP contribution in [0.1, 0.15) is 10.4 Å². The number of hydrogen-bond acceptors (Lipinski definition) is 3. The summed E-state index contributed by atoms with van der Waals surface area (Å²) in [4.78, 5) is 12.0. The minimum absolute atomic E-state index is 0.00152. The van der Waals surface area contributed by atoms with Gasteiger partial charge in [0.15, 0.2) is 11.6 Å². The van der Waals surface area contributed by atoms with E-state index in [0.29, 0.717) is 0 Å². The molecule has 3 aromatic carbocycles. The summed E-state index contributed by atoms with van der Waals surface area (Å²) < 4.78 is 67.0. The van der Waals surface area contributed by atoms with Crippen LogP contribution < -0.4 is 10.0 Å². The van der Waals surface area contributed by atoms with Crippen LogP contribution in [0.15, 0.2) is 71.6 Å². The molecule has 28 heavy (non-hydrogen) atoms. The quantitative estimate of drug-likeness (QED) is 0.668. The molecule has 0 saturated carbocycles. The molecular weight excluding hydrogens is 393 g/mol. The van der Waals surface area contributed by atoms with E-state index in [1.807, 2.05) is 0 Å². The summed E-state index contributed by atoms with van der Waals surface area (Å²) in [6.45, 7) is 0. The second-order valence-electron chi connectivity index (χ2n) is 5.70. The summed E-state index contributed by atoms with van der Waals surface area (Å²) in [6.07, 6.45) is 0. The first-order valence-corrected chi connectivity index (χ1v) is 9.38. The number of para-hydroxylation sites is 1. The summed E-state index contributed by atoms with van der Waals surface area (Å²) in [5.41, 5.74) is -0.276. The number of carbonyl (C=O) groups is 1. The summed E-state index contributed by atoms with van der Waals surface area (Å²) in [7, 11) is -4.16. The standard InChI is InChI=1S/C19H13F3N2O3S/c20-15-9-8-13(11-17(15)22)23-19(25)12-4-3-5-14(10-12)28(26,27)24-18-7-2-1-6-16(18)21/h1-11,24H,(H,23,25). The number of hydrogen-bond donors (Lipinski definition) is 2. The van der Waals surface area contributed by atoms with Crippen LogP contribution in [-0.2, 0) is 10.0 Å². The van der Waals surface area contributed by atoms with E-state index < -0.39 is 33.4 Å². The Morgan fingerprint density at radius 3 is 2.25 bits per heavy atom. The Morgan fingerprint density at radius 2 is 1.54 bits per heavy atom. The van der Waals surface area contributed by atoms with Crippen LogP contribution in [0.4, 0.5) is 24.5 Å². The van der Waals surface area contributed by atoms with Crippen LogP contribution in [-0.4, -0.2) is 14.3 Å². The highest BCUT2D eigenvalue weighted by Gasteiger charge is 2.18. The largest absolute Gasteiger partial charge is 0.322 e. The van der Waals surface area contributed by atoms with E-state index in [1.165, 1.54) is 36.4 Å². The number of nitrogens with one attached hydrogen (secondary N) is 2. The van der Waals surface area contributed by atoms with E-state index in [-0.39, 0.29) is 21.8 Å². The Labute approximate surface area is 158 Å². The van der Waals surface area contributed by atoms with Crippen molar-refractivity contribution in [1.82, 2.24) is 0 Å². The number of halogens is 3. The number of sulfonamides is 1. The Bertz CT molecular complexity index is 1150. The van der Waals surface area contributed by atoms with Crippen molar-refractivity contribution in [2.75, 3.05) is 10.0 Å². The number of carbonyl (C=O) groups excluding carboxylic acids is 1. The van der Waals surface area contributed by atoms with Gasteiger partial charge in [-0.25, -0.2) is 21.6 Å². The van der Waals surface area contributed by atoms with Crippen molar-refractivity contribution in [1.29, 1.82) is 0 Å². The zero-order valence-corrected chi connectivity index (χ0v) is 14.9. The molecule has 3 rings (SSSR count). The molecular formula is C19H13F3N2O3S. The lowest BCUT2D eigenvalue weighted by Gasteiger charge is -2.10. The van der Waals surface area contributed by atoms with E-state index in [1.54, 1.807) is 0 Å². The molecule has 5 nitrogen and oxygen atoms in total. The van der Waals surface area contributed by atoms with Crippen molar-refractivity contribution in [2.45, 2.75) is 4.90 Å². The Kier molecular flexibility index (Phi) is 5.36. The topological polar surface area (TPSA) is 75.3 Å². The average molecular weight is 406 g/mol. The molecule has 0 saturated heterocycles. The van der Waals surface area contributed by atoms with Gasteiger partial charge in [-0.1, -0.05) is 18.2 Å². The van der Waals surface area contributed by atoms with E-state index in [2.05, 4.69) is 10.0 Å². The summed E-state index contributed by atoms with van der Waals surface area (Å²) >= 11 is 0. The van der Waals surface area contributed by atoms with Gasteiger partial charge in [0.25, 0.3) is 15.9 Å². The monoisotopic (exact) mass is 406 g/mol. The number of benzene rings is 3. The highest BCUT2D eigenvalue weighted by atomic mass is 32.2. The van der Waals surface area contributed by atoms with E-state index >= 15 is 0 Å². The first kappa shape index (κ1) is 19.4. The fraction of sp³-hybridized carbons (Fsp3) is 0. The molecule has 144 valence electrons. The summed E-state index contributed by atoms with van der Waals surface area (Å²) in [5, 5.41) is 2.34. The van der Waals surface area contributed by atoms with E-state index in [4.69, 9.17) is 0 Å². The van der Waals surface area contributed by atoms with Crippen LogP contribution in [0, 0.1) is 17.5 Å². The third kappa shape index (κ3) is 4.32. The highest BCUT2D eigenvalue weighted by molar-refractivity contribution is 7.92. The number of rotatable bonds is 5. The summed E-state index contributed by atoms with van der Waals surface area (Å²) in [6, 6.07) is 13.0. The van der Waals surface area contributed by atoms with Crippen molar-refractivity contribution in [3.63, 3.8) is 0 Å². The predicted octanol–water partition coefficient (Wildman–Crippen LogP) is 4.16. The second-order valence-corrected chi connectivity index (χ2v) is 7.38. The second kappa shape index (κ2) is 7.73. The molecule has 9 heteroatoms. The normalized spacial score (nSPS) is 11.1. The zero-order chi connectivity index (χ0) is 20.3. The van der Waals surface area contributed by atoms with E-state index in [0.717, 1.165) is 30.3 Å². The third-order valence-corrected chi connectivity index (χ3v) is 5.07. The predicted molar refractivity (Wildman–Crippen MR) is 98.0 cm³/mol. The smallest absolute Gasteiger partial charge is 0.262 e. The van der Waals surface area contributed by atoms with Gasteiger partial charge in [-0.05, 0) is 42.5 Å². The van der Waals surface area contributed by atoms with Crippen molar-refractivity contribution < 1.29 is 26.4 Å². The first-order chi connectivity index (χ1) is 13.3. The Morgan fingerprint density at radius 1 is 0.786 bits per heavy atom. The maximum Gasteiger partial charge on any atom is 0.262 e. The molecule has 1 amide bonds. The molecule has 0 aromatic heterocycles. The lowest BCUT2D eigenvalue weighted by molar-refractivity contribution is 0.102. The molecule has 0 bridgehead atoms. The van der Waals surface area contributed by atoms with Gasteiger partial charge in [-0.3, -0.25) is 9.52 Å². The maximum absolute atomic E-state index is 13.7. The molecule has 3 aromatic rings. The lowest BCUT2D eigenvalue weighted by Crippen LogP contribution is -2.16. The van der Waals surface area contributed by atoms with Crippen molar-refractivity contribution in [3.05, 3.63) is 89.7 Å². The van der Waals surface area contributed by atoms with Gasteiger partial charge in [0, 0.05) is 17.3 Å². The van der Waals surface area contributed by atoms with Crippen LogP contribution in [0.25, 0.3) is 0 Å².